The van der Waals surface area contributed by atoms with Crippen LogP contribution in [0.2, 0.25) is 0 Å². The molecule has 0 bridgehead atoms. The van der Waals surface area contributed by atoms with E-state index in [1.165, 1.54) is 0 Å². The van der Waals surface area contributed by atoms with Crippen molar-refractivity contribution in [1.82, 2.24) is 0 Å². The summed E-state index contributed by atoms with van der Waals surface area (Å²) in [5.74, 6) is 0. The van der Waals surface area contributed by atoms with Gasteiger partial charge in [0.1, 0.15) is 0 Å². The summed E-state index contributed by atoms with van der Waals surface area (Å²) >= 11 is 0. The molecule has 0 saturated carbocycles. The fraction of sp³-hybridized carbons (Fsp3) is 0. The molecule has 0 aromatic rings. The van der Waals surface area contributed by atoms with Crippen LogP contribution in [0.15, 0.2) is 0 Å². The first-order valence-electron chi connectivity index (χ1n) is 0. The first kappa shape index (κ1) is 48.7. The van der Waals surface area contributed by atoms with Crippen molar-refractivity contribution in [1.29, 1.82) is 0 Å². The molecule has 0 atom stereocenters. The smallest absolute Gasteiger partial charge is 1.00 e. The van der Waals surface area contributed by atoms with Gasteiger partial charge >= 0.3 is 63.7 Å². The average molecular weight is 204 g/mol. The predicted octanol–water partition coefficient (Wildman–Crippen LogP) is -8.99. The predicted molar refractivity (Wildman–Crippen MR) is 0 cm³/mol. The molecule has 0 fully saturated rings. The Morgan fingerprint density at radius 3 is 0.600 bits per heavy atom. The molecular weight excluding hydrogens is 204 g/mol. The van der Waals surface area contributed by atoms with Crippen molar-refractivity contribution in [2.75, 3.05) is 0 Å². The van der Waals surface area contributed by atoms with Crippen molar-refractivity contribution < 1.29 is 88.5 Å². The monoisotopic (exact) mass is 203 g/mol. The van der Waals surface area contributed by atoms with E-state index in [1.54, 1.807) is 0 Å². The normalized spacial score (nSPS) is 0. The minimum atomic E-state index is 0. The second-order valence-electron chi connectivity index (χ2n) is 0. The van der Waals surface area contributed by atoms with Gasteiger partial charge in [-0.25, -0.2) is 0 Å². The Morgan fingerprint density at radius 2 is 0.600 bits per heavy atom. The quantitative estimate of drug-likeness (QED) is 0.343. The number of hydrogen-bond acceptors (Lipinski definition) is 0. The molecule has 0 spiro atoms. The zero-order valence-corrected chi connectivity index (χ0v) is 8.38. The van der Waals surface area contributed by atoms with E-state index >= 15 is 0 Å². The Hall–Kier alpha value is 2.62. The van der Waals surface area contributed by atoms with Gasteiger partial charge in [-0.3, -0.25) is 0 Å². The summed E-state index contributed by atoms with van der Waals surface area (Å²) in [4.78, 5) is 0. The molecule has 5 heavy (non-hydrogen) atoms. The maximum absolute atomic E-state index is 0. The van der Waals surface area contributed by atoms with E-state index in [0.717, 1.165) is 0 Å². The third-order valence-corrected chi connectivity index (χ3v) is 0. The van der Waals surface area contributed by atoms with Crippen molar-refractivity contribution in [2.45, 2.75) is 0 Å². The summed E-state index contributed by atoms with van der Waals surface area (Å²) in [5.41, 5.74) is 0. The Balaban J connectivity index is 0. The van der Waals surface area contributed by atoms with Gasteiger partial charge in [-0.1, -0.05) is 0 Å². The molecule has 0 saturated heterocycles. The van der Waals surface area contributed by atoms with Crippen molar-refractivity contribution in [3.63, 3.8) is 0 Å². The van der Waals surface area contributed by atoms with E-state index in [2.05, 4.69) is 0 Å². The molecule has 0 N–H and O–H groups in total. The topological polar surface area (TPSA) is 0 Å². The van der Waals surface area contributed by atoms with Gasteiger partial charge in [0.05, 0.1) is 0 Å². The van der Waals surface area contributed by atoms with Crippen LogP contribution in [0.5, 0.6) is 0 Å². The van der Waals surface area contributed by atoms with E-state index in [0.29, 0.717) is 0 Å². The van der Waals surface area contributed by atoms with Gasteiger partial charge in [0.15, 0.2) is 0 Å². The Kier molecular flexibility index (Phi) is 297. The Morgan fingerprint density at radius 1 is 0.600 bits per heavy atom. The first-order chi connectivity index (χ1) is 0. The molecule has 0 nitrogen and oxygen atoms in total. The van der Waals surface area contributed by atoms with Crippen molar-refractivity contribution in [3.05, 3.63) is 0 Å². The average Bonchev–Trinajstić information content (AvgIpc) is 0. The van der Waals surface area contributed by atoms with E-state index in [1.807, 2.05) is 0 Å². The fourth-order valence-electron chi connectivity index (χ4n) is 0. The minimum absolute atomic E-state index is 0. The molecule has 0 unspecified atom stereocenters. The summed E-state index contributed by atoms with van der Waals surface area (Å²) < 4.78 is 0. The molecule has 26 valence electrons. The van der Waals surface area contributed by atoms with Crippen LogP contribution in [0.4, 0.5) is 0 Å². The van der Waals surface area contributed by atoms with Gasteiger partial charge in [-0.2, -0.15) is 0 Å². The van der Waals surface area contributed by atoms with Crippen LogP contribution in [-0.4, -0.2) is 0 Å². The maximum Gasteiger partial charge on any atom is 2.00 e. The largest absolute Gasteiger partial charge is 2.00 e. The van der Waals surface area contributed by atoms with Crippen LogP contribution >= 0.6 is 0 Å². The summed E-state index contributed by atoms with van der Waals surface area (Å²) in [6.45, 7) is 0. The molecule has 0 aromatic heterocycles. The molecule has 0 heterocycles. The number of hydrogen-bond donors (Lipinski definition) is 0. The van der Waals surface area contributed by atoms with Crippen LogP contribution in [-0.2, 0) is 34.1 Å². The van der Waals surface area contributed by atoms with E-state index in [-0.39, 0.29) is 88.5 Å². The summed E-state index contributed by atoms with van der Waals surface area (Å²) in [6, 6.07) is 0. The van der Waals surface area contributed by atoms with Crippen molar-refractivity contribution >= 4 is 0 Å². The second kappa shape index (κ2) is 30.5. The van der Waals surface area contributed by atoms with Crippen LogP contribution in [0.25, 0.3) is 0 Å². The number of halogens is 2. The van der Waals surface area contributed by atoms with Crippen LogP contribution < -0.4 is 54.4 Å². The third kappa shape index (κ3) is 20.6. The van der Waals surface area contributed by atoms with E-state index < -0.39 is 0 Å². The molecule has 2 radical (unpaired) electrons. The summed E-state index contributed by atoms with van der Waals surface area (Å²) in [6.07, 6.45) is 0. The third-order valence-electron chi connectivity index (χ3n) is 0. The van der Waals surface area contributed by atoms with Crippen LogP contribution in [0.3, 0.4) is 0 Å². The Labute approximate surface area is 87.3 Å². The van der Waals surface area contributed by atoms with Crippen LogP contribution in [0.1, 0.15) is 0 Å². The molecule has 0 amide bonds. The van der Waals surface area contributed by atoms with Gasteiger partial charge in [-0.15, -0.1) is 0 Å². The van der Waals surface area contributed by atoms with Gasteiger partial charge in [-0.05, 0) is 0 Å². The second-order valence-corrected chi connectivity index (χ2v) is 0. The molecule has 0 aliphatic heterocycles. The first-order valence-corrected chi connectivity index (χ1v) is 0. The van der Waals surface area contributed by atoms with Gasteiger partial charge in [0, 0.05) is 0 Å². The minimum Gasteiger partial charge on any atom is -1.00 e. The van der Waals surface area contributed by atoms with Crippen LogP contribution in [0, 0.1) is 0 Å². The molecule has 5 heteroatoms. The van der Waals surface area contributed by atoms with Gasteiger partial charge < -0.3 is 24.8 Å². The van der Waals surface area contributed by atoms with E-state index in [4.69, 9.17) is 0 Å². The molecule has 0 aromatic carbocycles. The zero-order valence-electron chi connectivity index (χ0n) is 2.51. The molecule has 0 aliphatic rings. The van der Waals surface area contributed by atoms with Crippen molar-refractivity contribution in [2.24, 2.45) is 0 Å². The number of rotatable bonds is 0. The molecule has 0 aliphatic carbocycles. The standard InChI is InChI=1S/2ClH.2Mn.Na/h2*1H;;;/q;;2*+2;+1/p-2. The summed E-state index contributed by atoms with van der Waals surface area (Å²) in [5, 5.41) is 0. The zero-order chi connectivity index (χ0) is 0. The SMILES string of the molecule is [Cl-].[Cl-].[Mn+2].[Mn+2].[Na+]. The summed E-state index contributed by atoms with van der Waals surface area (Å²) in [7, 11) is 0. The van der Waals surface area contributed by atoms with E-state index in [9.17, 15) is 0 Å². The molecular formula is Cl2Mn2Na+3. The van der Waals surface area contributed by atoms with Gasteiger partial charge in [0.25, 0.3) is 0 Å². The van der Waals surface area contributed by atoms with Gasteiger partial charge in [0.2, 0.25) is 0 Å². The Bertz CT molecular complexity index is 7.61. The molecule has 0 rings (SSSR count). The fourth-order valence-corrected chi connectivity index (χ4v) is 0. The van der Waals surface area contributed by atoms with Crippen molar-refractivity contribution in [3.8, 4) is 0 Å². The maximum atomic E-state index is 0.